The molecule has 1 aliphatic carbocycles. The van der Waals surface area contributed by atoms with Gasteiger partial charge >= 0.3 is 6.03 Å². The van der Waals surface area contributed by atoms with Crippen molar-refractivity contribution in [2.45, 2.75) is 90.1 Å². The van der Waals surface area contributed by atoms with Gasteiger partial charge in [0.25, 0.3) is 0 Å². The molecule has 2 amide bonds. The lowest BCUT2D eigenvalue weighted by atomic mass is 9.69. The zero-order valence-electron chi connectivity index (χ0n) is 20.2. The smallest absolute Gasteiger partial charge is 0.320 e. The monoisotopic (exact) mass is 444 g/mol. The molecule has 3 atom stereocenters. The molecule has 0 aromatic heterocycles. The van der Waals surface area contributed by atoms with Gasteiger partial charge in [0, 0.05) is 17.1 Å². The number of urea groups is 1. The molecule has 7 heteroatoms. The summed E-state index contributed by atoms with van der Waals surface area (Å²) in [6.45, 7) is 6.29. The molecule has 1 aromatic carbocycles. The summed E-state index contributed by atoms with van der Waals surface area (Å²) in [7, 11) is 2.00. The first-order valence-corrected chi connectivity index (χ1v) is 12.6. The average molecular weight is 445 g/mol. The van der Waals surface area contributed by atoms with E-state index >= 15 is 0 Å². The zero-order chi connectivity index (χ0) is 22.8. The Bertz CT molecular complexity index is 684. The SMILES string of the molecule is CNCCCNC1NC(NC(=O)Nc2ccc(C)cc2)NC(C)C12CCCCCCCC2. The van der Waals surface area contributed by atoms with Crippen LogP contribution in [0.15, 0.2) is 24.3 Å². The first kappa shape index (κ1) is 25.0. The molecule has 0 bridgehead atoms. The van der Waals surface area contributed by atoms with Gasteiger partial charge in [0.05, 0.1) is 6.17 Å². The van der Waals surface area contributed by atoms with Crippen LogP contribution in [0.25, 0.3) is 0 Å². The Hall–Kier alpha value is -1.67. The van der Waals surface area contributed by atoms with Crippen LogP contribution in [-0.2, 0) is 0 Å². The molecule has 7 nitrogen and oxygen atoms in total. The van der Waals surface area contributed by atoms with E-state index in [0.717, 1.165) is 25.2 Å². The maximum absolute atomic E-state index is 12.7. The third-order valence-electron chi connectivity index (χ3n) is 7.26. The van der Waals surface area contributed by atoms with Crippen LogP contribution in [0.1, 0.15) is 70.3 Å². The van der Waals surface area contributed by atoms with E-state index in [9.17, 15) is 4.79 Å². The van der Waals surface area contributed by atoms with Gasteiger partial charge in [0.1, 0.15) is 6.29 Å². The van der Waals surface area contributed by atoms with Crippen LogP contribution in [0.4, 0.5) is 10.5 Å². The summed E-state index contributed by atoms with van der Waals surface area (Å²) in [4.78, 5) is 12.7. The number of hydrogen-bond donors (Lipinski definition) is 6. The number of benzene rings is 1. The van der Waals surface area contributed by atoms with Crippen LogP contribution in [0.5, 0.6) is 0 Å². The maximum atomic E-state index is 12.7. The minimum atomic E-state index is -0.282. The zero-order valence-corrected chi connectivity index (χ0v) is 20.2. The molecule has 1 heterocycles. The summed E-state index contributed by atoms with van der Waals surface area (Å²) in [5, 5.41) is 20.4. The molecule has 3 unspecified atom stereocenters. The summed E-state index contributed by atoms with van der Waals surface area (Å²) >= 11 is 0. The van der Waals surface area contributed by atoms with Crippen LogP contribution in [0.3, 0.4) is 0 Å². The van der Waals surface area contributed by atoms with E-state index in [4.69, 9.17) is 0 Å². The van der Waals surface area contributed by atoms with E-state index < -0.39 is 0 Å². The molecule has 2 fully saturated rings. The lowest BCUT2D eigenvalue weighted by molar-refractivity contribution is 0.0163. The minimum absolute atomic E-state index is 0.148. The summed E-state index contributed by atoms with van der Waals surface area (Å²) < 4.78 is 0. The molecule has 2 aliphatic rings. The standard InChI is InChI=1S/C25H44N6O/c1-19-11-13-21(14-12-19)29-24(32)31-23-28-20(2)25(15-8-6-4-5-7-9-16-25)22(30-23)27-18-10-17-26-3/h11-14,20,22-23,26-28,30H,4-10,15-18H2,1-3H3,(H2,29,31,32). The third-order valence-corrected chi connectivity index (χ3v) is 7.26. The fourth-order valence-electron chi connectivity index (χ4n) is 5.30. The largest absolute Gasteiger partial charge is 0.321 e. The molecule has 1 aliphatic heterocycles. The van der Waals surface area contributed by atoms with Crippen LogP contribution in [0, 0.1) is 12.3 Å². The second-order valence-electron chi connectivity index (χ2n) is 9.65. The Balaban J connectivity index is 1.66. The topological polar surface area (TPSA) is 89.2 Å². The quantitative estimate of drug-likeness (QED) is 0.362. The maximum Gasteiger partial charge on any atom is 0.321 e. The van der Waals surface area contributed by atoms with Crippen LogP contribution >= 0.6 is 0 Å². The fraction of sp³-hybridized carbons (Fsp3) is 0.720. The van der Waals surface area contributed by atoms with E-state index in [1.165, 1.54) is 56.9 Å². The van der Waals surface area contributed by atoms with E-state index in [-0.39, 0.29) is 23.9 Å². The molecule has 1 saturated carbocycles. The molecule has 1 spiro atoms. The second kappa shape index (κ2) is 12.5. The van der Waals surface area contributed by atoms with Crippen LogP contribution in [-0.4, -0.2) is 44.7 Å². The van der Waals surface area contributed by atoms with Gasteiger partial charge in [0.15, 0.2) is 0 Å². The Morgan fingerprint density at radius 3 is 2.31 bits per heavy atom. The van der Waals surface area contributed by atoms with Crippen LogP contribution in [0.2, 0.25) is 0 Å². The number of nitrogens with one attached hydrogen (secondary N) is 6. The number of aryl methyl sites for hydroxylation is 1. The third kappa shape index (κ3) is 6.91. The summed E-state index contributed by atoms with van der Waals surface area (Å²) in [5.74, 6) is 0. The highest BCUT2D eigenvalue weighted by molar-refractivity contribution is 5.89. The molecule has 0 radical (unpaired) electrons. The molecular weight excluding hydrogens is 400 g/mol. The first-order valence-electron chi connectivity index (χ1n) is 12.6. The predicted molar refractivity (Wildman–Crippen MR) is 133 cm³/mol. The highest BCUT2D eigenvalue weighted by atomic mass is 16.2. The number of hydrogen-bond acceptors (Lipinski definition) is 5. The van der Waals surface area contributed by atoms with E-state index in [0.29, 0.717) is 6.04 Å². The summed E-state index contributed by atoms with van der Waals surface area (Å²) in [5.41, 5.74) is 2.12. The van der Waals surface area contributed by atoms with Crippen molar-refractivity contribution in [3.8, 4) is 0 Å². The minimum Gasteiger partial charge on any atom is -0.320 e. The summed E-state index contributed by atoms with van der Waals surface area (Å²) in [6, 6.07) is 7.95. The van der Waals surface area contributed by atoms with Gasteiger partial charge in [-0.3, -0.25) is 10.6 Å². The van der Waals surface area contributed by atoms with Crippen molar-refractivity contribution in [3.05, 3.63) is 29.8 Å². The lowest BCUT2D eigenvalue weighted by Gasteiger charge is -2.53. The Morgan fingerprint density at radius 2 is 1.66 bits per heavy atom. The van der Waals surface area contributed by atoms with Crippen LogP contribution < -0.4 is 31.9 Å². The molecular formula is C25H44N6O. The highest BCUT2D eigenvalue weighted by Crippen LogP contribution is 2.41. The molecule has 3 rings (SSSR count). The van der Waals surface area contributed by atoms with E-state index in [1.54, 1.807) is 0 Å². The molecule has 1 saturated heterocycles. The van der Waals surface area contributed by atoms with Crippen molar-refractivity contribution in [3.63, 3.8) is 0 Å². The number of carbonyl (C=O) groups is 1. The Morgan fingerprint density at radius 1 is 1.00 bits per heavy atom. The van der Waals surface area contributed by atoms with E-state index in [2.05, 4.69) is 38.8 Å². The number of carbonyl (C=O) groups excluding carboxylic acids is 1. The predicted octanol–water partition coefficient (Wildman–Crippen LogP) is 3.63. The highest BCUT2D eigenvalue weighted by Gasteiger charge is 2.47. The van der Waals surface area contributed by atoms with Crippen molar-refractivity contribution in [2.75, 3.05) is 25.5 Å². The second-order valence-corrected chi connectivity index (χ2v) is 9.65. The Kier molecular flexibility index (Phi) is 9.78. The van der Waals surface area contributed by atoms with Gasteiger partial charge in [-0.15, -0.1) is 0 Å². The average Bonchev–Trinajstić information content (AvgIpc) is 2.89. The first-order chi connectivity index (χ1) is 15.5. The number of anilines is 1. The van der Waals surface area contributed by atoms with Gasteiger partial charge in [-0.2, -0.15) is 0 Å². The molecule has 32 heavy (non-hydrogen) atoms. The van der Waals surface area contributed by atoms with Crippen molar-refractivity contribution in [1.82, 2.24) is 26.6 Å². The summed E-state index contributed by atoms with van der Waals surface area (Å²) in [6.07, 6.45) is 11.3. The molecule has 6 N–H and O–H groups in total. The lowest BCUT2D eigenvalue weighted by Crippen LogP contribution is -2.75. The van der Waals surface area contributed by atoms with E-state index in [1.807, 2.05) is 38.2 Å². The van der Waals surface area contributed by atoms with Gasteiger partial charge in [-0.25, -0.2) is 4.79 Å². The van der Waals surface area contributed by atoms with Gasteiger partial charge in [-0.05, 0) is 65.4 Å². The molecule has 1 aromatic rings. The van der Waals surface area contributed by atoms with Gasteiger partial charge < -0.3 is 21.3 Å². The van der Waals surface area contributed by atoms with Gasteiger partial charge in [0.2, 0.25) is 0 Å². The van der Waals surface area contributed by atoms with Crippen molar-refractivity contribution in [2.24, 2.45) is 5.41 Å². The van der Waals surface area contributed by atoms with Crippen molar-refractivity contribution < 1.29 is 4.79 Å². The Labute approximate surface area is 194 Å². The fourth-order valence-corrected chi connectivity index (χ4v) is 5.30. The van der Waals surface area contributed by atoms with Crippen molar-refractivity contribution >= 4 is 11.7 Å². The van der Waals surface area contributed by atoms with Gasteiger partial charge in [-0.1, -0.05) is 56.2 Å². The van der Waals surface area contributed by atoms with Crippen molar-refractivity contribution in [1.29, 1.82) is 0 Å². The normalized spacial score (nSPS) is 26.0. The number of rotatable bonds is 7. The number of amides is 2. The molecule has 180 valence electrons.